The Balaban J connectivity index is 1.75. The Morgan fingerprint density at radius 3 is 2.53 bits per heavy atom. The second kappa shape index (κ2) is 7.49. The van der Waals surface area contributed by atoms with Crippen LogP contribution in [0.25, 0.3) is 0 Å². The molecule has 0 amide bonds. The molecule has 1 aliphatic carbocycles. The van der Waals surface area contributed by atoms with Gasteiger partial charge in [0.05, 0.1) is 0 Å². The summed E-state index contributed by atoms with van der Waals surface area (Å²) in [6.45, 7) is 6.09. The maximum atomic E-state index is 3.80. The summed E-state index contributed by atoms with van der Waals surface area (Å²) in [5.74, 6) is 0.780. The van der Waals surface area contributed by atoms with E-state index in [0.29, 0.717) is 6.04 Å². The molecule has 0 spiro atoms. The van der Waals surface area contributed by atoms with Crippen molar-refractivity contribution < 1.29 is 0 Å². The summed E-state index contributed by atoms with van der Waals surface area (Å²) in [4.78, 5) is 0. The van der Waals surface area contributed by atoms with Crippen molar-refractivity contribution in [2.75, 3.05) is 0 Å². The van der Waals surface area contributed by atoms with Crippen LogP contribution in [0, 0.1) is 0 Å². The first-order valence-electron chi connectivity index (χ1n) is 7.71. The molecule has 1 N–H and O–H groups in total. The SMILES string of the molecule is C=CCCC(C)NC1CCC(c2ccccc2)CC1. The largest absolute Gasteiger partial charge is 0.311 e. The molecule has 1 atom stereocenters. The monoisotopic (exact) mass is 257 g/mol. The normalized spacial score (nSPS) is 24.9. The van der Waals surface area contributed by atoms with Crippen LogP contribution in [0.5, 0.6) is 0 Å². The van der Waals surface area contributed by atoms with Crippen molar-refractivity contribution in [2.45, 2.75) is 63.5 Å². The molecule has 0 aliphatic heterocycles. The Labute approximate surface area is 118 Å². The van der Waals surface area contributed by atoms with Crippen molar-refractivity contribution in [2.24, 2.45) is 0 Å². The third kappa shape index (κ3) is 4.50. The van der Waals surface area contributed by atoms with Gasteiger partial charge >= 0.3 is 0 Å². The summed E-state index contributed by atoms with van der Waals surface area (Å²) in [7, 11) is 0. The van der Waals surface area contributed by atoms with E-state index in [2.05, 4.69) is 49.2 Å². The molecule has 0 saturated heterocycles. The first-order valence-corrected chi connectivity index (χ1v) is 7.71. The lowest BCUT2D eigenvalue weighted by Crippen LogP contribution is -2.38. The first kappa shape index (κ1) is 14.3. The Hall–Kier alpha value is -1.08. The maximum Gasteiger partial charge on any atom is 0.00699 e. The zero-order chi connectivity index (χ0) is 13.5. The van der Waals surface area contributed by atoms with E-state index < -0.39 is 0 Å². The second-order valence-electron chi connectivity index (χ2n) is 5.89. The van der Waals surface area contributed by atoms with Gasteiger partial charge in [0.25, 0.3) is 0 Å². The fourth-order valence-corrected chi connectivity index (χ4v) is 3.17. The molecule has 1 aromatic carbocycles. The average molecular weight is 257 g/mol. The molecular weight excluding hydrogens is 230 g/mol. The lowest BCUT2D eigenvalue weighted by molar-refractivity contribution is 0.315. The molecule has 1 heteroatoms. The van der Waals surface area contributed by atoms with Crippen LogP contribution in [0.15, 0.2) is 43.0 Å². The lowest BCUT2D eigenvalue weighted by atomic mass is 9.81. The predicted molar refractivity (Wildman–Crippen MR) is 83.5 cm³/mol. The van der Waals surface area contributed by atoms with Gasteiger partial charge in [0.15, 0.2) is 0 Å². The standard InChI is InChI=1S/C18H27N/c1-3-4-8-15(2)19-18-13-11-17(12-14-18)16-9-6-5-7-10-16/h3,5-7,9-10,15,17-19H,1,4,8,11-14H2,2H3. The Morgan fingerprint density at radius 2 is 1.89 bits per heavy atom. The minimum absolute atomic E-state index is 0.622. The number of rotatable bonds is 6. The molecule has 1 aliphatic rings. The van der Waals surface area contributed by atoms with E-state index in [9.17, 15) is 0 Å². The molecule has 0 aromatic heterocycles. The predicted octanol–water partition coefficient (Wildman–Crippen LogP) is 4.66. The van der Waals surface area contributed by atoms with E-state index in [1.807, 2.05) is 6.08 Å². The third-order valence-corrected chi connectivity index (χ3v) is 4.32. The highest BCUT2D eigenvalue weighted by molar-refractivity contribution is 5.20. The fraction of sp³-hybridized carbons (Fsp3) is 0.556. The van der Waals surface area contributed by atoms with Gasteiger partial charge in [0.2, 0.25) is 0 Å². The number of allylic oxidation sites excluding steroid dienone is 1. The van der Waals surface area contributed by atoms with E-state index in [0.717, 1.165) is 18.4 Å². The van der Waals surface area contributed by atoms with Gasteiger partial charge in [0, 0.05) is 12.1 Å². The zero-order valence-electron chi connectivity index (χ0n) is 12.1. The second-order valence-corrected chi connectivity index (χ2v) is 5.89. The molecule has 104 valence electrons. The summed E-state index contributed by atoms with van der Waals surface area (Å²) in [5, 5.41) is 3.78. The molecule has 1 nitrogen and oxygen atoms in total. The zero-order valence-corrected chi connectivity index (χ0v) is 12.1. The average Bonchev–Trinajstić information content (AvgIpc) is 2.47. The van der Waals surface area contributed by atoms with Crippen molar-refractivity contribution in [3.05, 3.63) is 48.6 Å². The number of hydrogen-bond donors (Lipinski definition) is 1. The van der Waals surface area contributed by atoms with Gasteiger partial charge in [-0.05, 0) is 56.9 Å². The van der Waals surface area contributed by atoms with Gasteiger partial charge in [-0.25, -0.2) is 0 Å². The smallest absolute Gasteiger partial charge is 0.00699 e. The van der Waals surface area contributed by atoms with Gasteiger partial charge in [-0.15, -0.1) is 6.58 Å². The van der Waals surface area contributed by atoms with Crippen molar-refractivity contribution >= 4 is 0 Å². The minimum atomic E-state index is 0.622. The molecule has 0 bridgehead atoms. The van der Waals surface area contributed by atoms with Crippen LogP contribution in [0.4, 0.5) is 0 Å². The van der Waals surface area contributed by atoms with Gasteiger partial charge in [0.1, 0.15) is 0 Å². The van der Waals surface area contributed by atoms with Crippen molar-refractivity contribution in [1.29, 1.82) is 0 Å². The van der Waals surface area contributed by atoms with Crippen LogP contribution in [0.2, 0.25) is 0 Å². The molecule has 0 heterocycles. The van der Waals surface area contributed by atoms with E-state index in [1.54, 1.807) is 0 Å². The van der Waals surface area contributed by atoms with Gasteiger partial charge < -0.3 is 5.32 Å². The van der Waals surface area contributed by atoms with Gasteiger partial charge in [-0.3, -0.25) is 0 Å². The number of nitrogens with one attached hydrogen (secondary N) is 1. The topological polar surface area (TPSA) is 12.0 Å². The van der Waals surface area contributed by atoms with Crippen LogP contribution in [0.1, 0.15) is 56.9 Å². The molecular formula is C18H27N. The highest BCUT2D eigenvalue weighted by atomic mass is 14.9. The summed E-state index contributed by atoms with van der Waals surface area (Å²) in [5.41, 5.74) is 1.53. The van der Waals surface area contributed by atoms with E-state index >= 15 is 0 Å². The molecule has 1 aromatic rings. The highest BCUT2D eigenvalue weighted by Gasteiger charge is 2.22. The van der Waals surface area contributed by atoms with Crippen LogP contribution < -0.4 is 5.32 Å². The number of benzene rings is 1. The Kier molecular flexibility index (Phi) is 5.65. The van der Waals surface area contributed by atoms with Crippen molar-refractivity contribution in [1.82, 2.24) is 5.32 Å². The van der Waals surface area contributed by atoms with Crippen LogP contribution in [-0.4, -0.2) is 12.1 Å². The molecule has 0 radical (unpaired) electrons. The quantitative estimate of drug-likeness (QED) is 0.731. The van der Waals surface area contributed by atoms with Crippen LogP contribution in [0.3, 0.4) is 0 Å². The summed E-state index contributed by atoms with van der Waals surface area (Å²) >= 11 is 0. The molecule has 1 fully saturated rings. The van der Waals surface area contributed by atoms with Gasteiger partial charge in [-0.2, -0.15) is 0 Å². The fourth-order valence-electron chi connectivity index (χ4n) is 3.17. The third-order valence-electron chi connectivity index (χ3n) is 4.32. The summed E-state index contributed by atoms with van der Waals surface area (Å²) in [6, 6.07) is 12.3. The lowest BCUT2D eigenvalue weighted by Gasteiger charge is -2.31. The molecule has 19 heavy (non-hydrogen) atoms. The molecule has 1 saturated carbocycles. The van der Waals surface area contributed by atoms with E-state index in [-0.39, 0.29) is 0 Å². The Bertz CT molecular complexity index is 363. The van der Waals surface area contributed by atoms with Crippen molar-refractivity contribution in [3.63, 3.8) is 0 Å². The van der Waals surface area contributed by atoms with Gasteiger partial charge in [-0.1, -0.05) is 36.4 Å². The van der Waals surface area contributed by atoms with Crippen LogP contribution in [-0.2, 0) is 0 Å². The Morgan fingerprint density at radius 1 is 1.21 bits per heavy atom. The maximum absolute atomic E-state index is 3.80. The van der Waals surface area contributed by atoms with Crippen molar-refractivity contribution in [3.8, 4) is 0 Å². The van der Waals surface area contributed by atoms with Crippen LogP contribution >= 0.6 is 0 Å². The van der Waals surface area contributed by atoms with E-state index in [4.69, 9.17) is 0 Å². The highest BCUT2D eigenvalue weighted by Crippen LogP contribution is 2.32. The summed E-state index contributed by atoms with van der Waals surface area (Å²) in [6.07, 6.45) is 9.64. The summed E-state index contributed by atoms with van der Waals surface area (Å²) < 4.78 is 0. The van der Waals surface area contributed by atoms with E-state index in [1.165, 1.54) is 37.7 Å². The minimum Gasteiger partial charge on any atom is -0.311 e. The number of hydrogen-bond acceptors (Lipinski definition) is 1. The molecule has 1 unspecified atom stereocenters. The first-order chi connectivity index (χ1) is 9.29. The molecule has 2 rings (SSSR count).